The highest BCUT2D eigenvalue weighted by atomic mass is 79.9. The van der Waals surface area contributed by atoms with Crippen LogP contribution in [0.25, 0.3) is 0 Å². The van der Waals surface area contributed by atoms with Gasteiger partial charge in [0, 0.05) is 22.3 Å². The minimum absolute atomic E-state index is 0.689. The third-order valence-corrected chi connectivity index (χ3v) is 5.24. The molecule has 0 atom stereocenters. The third-order valence-electron chi connectivity index (χ3n) is 3.61. The second-order valence-electron chi connectivity index (χ2n) is 4.97. The Balaban J connectivity index is 1.60. The first-order valence-corrected chi connectivity index (χ1v) is 9.00. The average molecular weight is 344 g/mol. The lowest BCUT2D eigenvalue weighted by Crippen LogP contribution is -2.36. The molecule has 1 aromatic rings. The number of hydrogen-bond acceptors (Lipinski definition) is 3. The van der Waals surface area contributed by atoms with E-state index in [-0.39, 0.29) is 0 Å². The van der Waals surface area contributed by atoms with Crippen LogP contribution in [-0.2, 0) is 0 Å². The third kappa shape index (κ3) is 5.36. The van der Waals surface area contributed by atoms with E-state index in [1.54, 1.807) is 0 Å². The summed E-state index contributed by atoms with van der Waals surface area (Å²) in [6.45, 7) is 1.67. The Morgan fingerprint density at radius 2 is 2.11 bits per heavy atom. The molecule has 0 saturated heterocycles. The molecule has 19 heavy (non-hydrogen) atoms. The van der Waals surface area contributed by atoms with E-state index in [1.807, 2.05) is 36.0 Å². The lowest BCUT2D eigenvalue weighted by atomic mass is 9.95. The van der Waals surface area contributed by atoms with Crippen molar-refractivity contribution in [1.82, 2.24) is 5.32 Å². The minimum atomic E-state index is 0.689. The Labute approximate surface area is 128 Å². The topological polar surface area (TPSA) is 21.3 Å². The van der Waals surface area contributed by atoms with Gasteiger partial charge in [0.05, 0.1) is 0 Å². The first kappa shape index (κ1) is 15.2. The van der Waals surface area contributed by atoms with Gasteiger partial charge in [0.1, 0.15) is 12.4 Å². The second kappa shape index (κ2) is 8.18. The standard InChI is InChI=1S/C15H22BrNOS/c1-19-15-7-5-13(6-8-15)17-9-10-18-14-4-2-3-12(16)11-14/h2-4,11,13,15,17H,5-10H2,1H3. The molecule has 0 unspecified atom stereocenters. The highest BCUT2D eigenvalue weighted by molar-refractivity contribution is 9.10. The van der Waals surface area contributed by atoms with Crippen LogP contribution in [0.2, 0.25) is 0 Å². The molecule has 1 fully saturated rings. The molecule has 0 aromatic heterocycles. The molecule has 0 aliphatic heterocycles. The maximum Gasteiger partial charge on any atom is 0.120 e. The number of halogens is 1. The van der Waals surface area contributed by atoms with Gasteiger partial charge < -0.3 is 10.1 Å². The molecule has 0 amide bonds. The Bertz CT molecular complexity index is 380. The summed E-state index contributed by atoms with van der Waals surface area (Å²) in [5, 5.41) is 4.49. The van der Waals surface area contributed by atoms with Gasteiger partial charge in [-0.25, -0.2) is 0 Å². The van der Waals surface area contributed by atoms with Gasteiger partial charge in [0.15, 0.2) is 0 Å². The molecule has 1 aliphatic rings. The van der Waals surface area contributed by atoms with Gasteiger partial charge in [-0.05, 0) is 50.1 Å². The van der Waals surface area contributed by atoms with Crippen LogP contribution < -0.4 is 10.1 Å². The SMILES string of the molecule is CSC1CCC(NCCOc2cccc(Br)c2)CC1. The van der Waals surface area contributed by atoms with Crippen molar-refractivity contribution in [2.45, 2.75) is 37.0 Å². The van der Waals surface area contributed by atoms with Crippen molar-refractivity contribution in [2.75, 3.05) is 19.4 Å². The summed E-state index contributed by atoms with van der Waals surface area (Å²) >= 11 is 5.47. The quantitative estimate of drug-likeness (QED) is 0.786. The summed E-state index contributed by atoms with van der Waals surface area (Å²) in [6, 6.07) is 8.69. The molecule has 1 N–H and O–H groups in total. The minimum Gasteiger partial charge on any atom is -0.492 e. The number of thioether (sulfide) groups is 1. The summed E-state index contributed by atoms with van der Waals surface area (Å²) in [6.07, 6.45) is 7.55. The van der Waals surface area contributed by atoms with E-state index in [4.69, 9.17) is 4.74 Å². The van der Waals surface area contributed by atoms with E-state index in [1.165, 1.54) is 25.7 Å². The number of nitrogens with one attached hydrogen (secondary N) is 1. The Kier molecular flexibility index (Phi) is 6.54. The zero-order valence-corrected chi connectivity index (χ0v) is 13.8. The van der Waals surface area contributed by atoms with Crippen molar-refractivity contribution >= 4 is 27.7 Å². The van der Waals surface area contributed by atoms with Gasteiger partial charge in [-0.1, -0.05) is 22.0 Å². The molecule has 1 saturated carbocycles. The van der Waals surface area contributed by atoms with Crippen LogP contribution in [-0.4, -0.2) is 30.7 Å². The molecule has 106 valence electrons. The van der Waals surface area contributed by atoms with Crippen LogP contribution in [0.4, 0.5) is 0 Å². The number of ether oxygens (including phenoxy) is 1. The van der Waals surface area contributed by atoms with Crippen molar-refractivity contribution in [3.8, 4) is 5.75 Å². The first-order chi connectivity index (χ1) is 9.28. The van der Waals surface area contributed by atoms with Crippen molar-refractivity contribution in [3.63, 3.8) is 0 Å². The number of hydrogen-bond donors (Lipinski definition) is 1. The smallest absolute Gasteiger partial charge is 0.120 e. The largest absolute Gasteiger partial charge is 0.492 e. The van der Waals surface area contributed by atoms with Gasteiger partial charge in [-0.2, -0.15) is 11.8 Å². The van der Waals surface area contributed by atoms with Gasteiger partial charge in [0.2, 0.25) is 0 Å². The molecule has 0 radical (unpaired) electrons. The number of benzene rings is 1. The molecule has 0 spiro atoms. The Hall–Kier alpha value is -0.190. The average Bonchev–Trinajstić information content (AvgIpc) is 2.44. The van der Waals surface area contributed by atoms with Crippen LogP contribution in [0.1, 0.15) is 25.7 Å². The molecule has 1 aliphatic carbocycles. The van der Waals surface area contributed by atoms with Gasteiger partial charge in [0.25, 0.3) is 0 Å². The molecular formula is C15H22BrNOS. The Morgan fingerprint density at radius 3 is 2.79 bits per heavy atom. The normalized spacial score (nSPS) is 23.3. The van der Waals surface area contributed by atoms with Gasteiger partial charge in [-0.15, -0.1) is 0 Å². The fourth-order valence-corrected chi connectivity index (χ4v) is 3.61. The molecule has 2 nitrogen and oxygen atoms in total. The van der Waals surface area contributed by atoms with Gasteiger partial charge >= 0.3 is 0 Å². The molecule has 4 heteroatoms. The predicted molar refractivity (Wildman–Crippen MR) is 87.2 cm³/mol. The zero-order valence-electron chi connectivity index (χ0n) is 11.4. The van der Waals surface area contributed by atoms with Crippen LogP contribution in [0.3, 0.4) is 0 Å². The molecule has 0 heterocycles. The van der Waals surface area contributed by atoms with Crippen molar-refractivity contribution in [3.05, 3.63) is 28.7 Å². The van der Waals surface area contributed by atoms with Crippen LogP contribution >= 0.6 is 27.7 Å². The molecule has 0 bridgehead atoms. The summed E-state index contributed by atoms with van der Waals surface area (Å²) < 4.78 is 6.79. The fraction of sp³-hybridized carbons (Fsp3) is 0.600. The van der Waals surface area contributed by atoms with Gasteiger partial charge in [-0.3, -0.25) is 0 Å². The highest BCUT2D eigenvalue weighted by Crippen LogP contribution is 2.26. The van der Waals surface area contributed by atoms with E-state index in [2.05, 4.69) is 27.5 Å². The summed E-state index contributed by atoms with van der Waals surface area (Å²) in [7, 11) is 0. The second-order valence-corrected chi connectivity index (χ2v) is 7.02. The molecule has 1 aromatic carbocycles. The summed E-state index contributed by atoms with van der Waals surface area (Å²) in [5.74, 6) is 0.933. The van der Waals surface area contributed by atoms with Crippen molar-refractivity contribution in [2.24, 2.45) is 0 Å². The summed E-state index contributed by atoms with van der Waals surface area (Å²) in [5.41, 5.74) is 0. The lowest BCUT2D eigenvalue weighted by molar-refractivity contribution is 0.290. The molecular weight excluding hydrogens is 322 g/mol. The van der Waals surface area contributed by atoms with E-state index < -0.39 is 0 Å². The predicted octanol–water partition coefficient (Wildman–Crippen LogP) is 4.09. The maximum absolute atomic E-state index is 5.72. The summed E-state index contributed by atoms with van der Waals surface area (Å²) in [4.78, 5) is 0. The Morgan fingerprint density at radius 1 is 1.32 bits per heavy atom. The van der Waals surface area contributed by atoms with E-state index in [9.17, 15) is 0 Å². The maximum atomic E-state index is 5.72. The monoisotopic (exact) mass is 343 g/mol. The zero-order chi connectivity index (χ0) is 13.5. The van der Waals surface area contributed by atoms with Crippen molar-refractivity contribution in [1.29, 1.82) is 0 Å². The van der Waals surface area contributed by atoms with Crippen LogP contribution in [0.15, 0.2) is 28.7 Å². The first-order valence-electron chi connectivity index (χ1n) is 6.92. The van der Waals surface area contributed by atoms with Crippen LogP contribution in [0.5, 0.6) is 5.75 Å². The van der Waals surface area contributed by atoms with E-state index in [0.717, 1.165) is 28.6 Å². The van der Waals surface area contributed by atoms with Crippen molar-refractivity contribution < 1.29 is 4.74 Å². The van der Waals surface area contributed by atoms with Crippen LogP contribution in [0, 0.1) is 0 Å². The lowest BCUT2D eigenvalue weighted by Gasteiger charge is -2.28. The van der Waals surface area contributed by atoms with E-state index >= 15 is 0 Å². The van der Waals surface area contributed by atoms with E-state index in [0.29, 0.717) is 6.04 Å². The molecule has 2 rings (SSSR count). The fourth-order valence-electron chi connectivity index (χ4n) is 2.49. The highest BCUT2D eigenvalue weighted by Gasteiger charge is 2.19. The number of rotatable bonds is 6.